The van der Waals surface area contributed by atoms with Gasteiger partial charge in [-0.15, -0.1) is 0 Å². The minimum atomic E-state index is -2.42. The summed E-state index contributed by atoms with van der Waals surface area (Å²) >= 11 is 0. The number of alkyl halides is 2. The zero-order valence-corrected chi connectivity index (χ0v) is 10.7. The van der Waals surface area contributed by atoms with E-state index in [1.54, 1.807) is 12.1 Å². The Morgan fingerprint density at radius 2 is 2.10 bits per heavy atom. The lowest BCUT2D eigenvalue weighted by Gasteiger charge is -2.05. The summed E-state index contributed by atoms with van der Waals surface area (Å²) in [6.45, 7) is -0.419. The van der Waals surface area contributed by atoms with Gasteiger partial charge in [0, 0.05) is 0 Å². The fourth-order valence-corrected chi connectivity index (χ4v) is 1.84. The molecule has 0 radical (unpaired) electrons. The highest BCUT2D eigenvalue weighted by atomic mass is 19.3. The topological polar surface area (TPSA) is 29.1 Å². The van der Waals surface area contributed by atoms with Crippen LogP contribution in [0.5, 0.6) is 0 Å². The molecule has 0 saturated heterocycles. The lowest BCUT2D eigenvalue weighted by atomic mass is 10.0. The molecule has 5 heteroatoms. The minimum absolute atomic E-state index is 0.00806. The van der Waals surface area contributed by atoms with Crippen LogP contribution in [0.15, 0.2) is 36.0 Å². The van der Waals surface area contributed by atoms with Crippen molar-refractivity contribution < 1.29 is 18.0 Å². The minimum Gasteiger partial charge on any atom is -0.385 e. The molecule has 106 valence electrons. The maximum atomic E-state index is 13.6. The monoisotopic (exact) mass is 281 g/mol. The highest BCUT2D eigenvalue weighted by molar-refractivity contribution is 5.81. The van der Waals surface area contributed by atoms with Crippen molar-refractivity contribution in [2.45, 2.75) is 19.3 Å². The van der Waals surface area contributed by atoms with E-state index < -0.39 is 18.8 Å². The molecular formula is C15H14F3NO. The first-order valence-corrected chi connectivity index (χ1v) is 6.27. The molecule has 0 unspecified atom stereocenters. The summed E-state index contributed by atoms with van der Waals surface area (Å²) < 4.78 is 37.6. The van der Waals surface area contributed by atoms with Crippen LogP contribution in [0.25, 0.3) is 5.57 Å². The number of halogens is 3. The van der Waals surface area contributed by atoms with E-state index in [9.17, 15) is 18.0 Å². The first-order valence-electron chi connectivity index (χ1n) is 6.27. The molecule has 2 nitrogen and oxygen atoms in total. The van der Waals surface area contributed by atoms with Crippen LogP contribution >= 0.6 is 0 Å². The average molecular weight is 281 g/mol. The number of hydrogen-bond acceptors (Lipinski definition) is 2. The van der Waals surface area contributed by atoms with Crippen molar-refractivity contribution in [2.75, 3.05) is 6.54 Å². The molecule has 2 rings (SSSR count). The number of nitrogens with one attached hydrogen (secondary N) is 1. The molecule has 1 aliphatic rings. The Kier molecular flexibility index (Phi) is 4.61. The van der Waals surface area contributed by atoms with E-state index in [1.807, 2.05) is 0 Å². The van der Waals surface area contributed by atoms with Crippen molar-refractivity contribution in [3.63, 3.8) is 0 Å². The van der Waals surface area contributed by atoms with Crippen LogP contribution in [-0.2, 0) is 0 Å². The largest absolute Gasteiger partial charge is 0.385 e. The van der Waals surface area contributed by atoms with Gasteiger partial charge >= 0.3 is 0 Å². The third-order valence-electron chi connectivity index (χ3n) is 2.96. The number of carbonyl (C=O) groups excluding carboxylic acids is 1. The second-order valence-electron chi connectivity index (χ2n) is 4.50. The van der Waals surface area contributed by atoms with E-state index in [2.05, 4.69) is 5.32 Å². The fraction of sp³-hybridized carbons (Fsp3) is 0.267. The first kappa shape index (κ1) is 14.4. The van der Waals surface area contributed by atoms with Crippen LogP contribution in [0.2, 0.25) is 0 Å². The summed E-state index contributed by atoms with van der Waals surface area (Å²) in [6.07, 6.45) is 3.00. The van der Waals surface area contributed by atoms with Gasteiger partial charge in [0.25, 0.3) is 6.43 Å². The summed E-state index contributed by atoms with van der Waals surface area (Å²) in [7, 11) is 0. The van der Waals surface area contributed by atoms with Gasteiger partial charge in [-0.25, -0.2) is 13.2 Å². The van der Waals surface area contributed by atoms with Crippen molar-refractivity contribution >= 4 is 11.9 Å². The van der Waals surface area contributed by atoms with E-state index in [0.717, 1.165) is 24.0 Å². The van der Waals surface area contributed by atoms with Gasteiger partial charge in [0.2, 0.25) is 0 Å². The van der Waals surface area contributed by atoms with Crippen LogP contribution in [0.1, 0.15) is 28.8 Å². The Hall–Kier alpha value is -2.04. The molecule has 1 N–H and O–H groups in total. The van der Waals surface area contributed by atoms with Gasteiger partial charge in [0.1, 0.15) is 5.82 Å². The van der Waals surface area contributed by atoms with Crippen molar-refractivity contribution in [3.05, 3.63) is 53.0 Å². The first-order chi connectivity index (χ1) is 9.61. The molecule has 0 amide bonds. The summed E-state index contributed by atoms with van der Waals surface area (Å²) in [5.74, 6) is -0.579. The van der Waals surface area contributed by atoms with Crippen LogP contribution < -0.4 is 5.32 Å². The Morgan fingerprint density at radius 1 is 1.35 bits per heavy atom. The van der Waals surface area contributed by atoms with E-state index in [1.165, 1.54) is 18.3 Å². The van der Waals surface area contributed by atoms with Crippen molar-refractivity contribution in [1.82, 2.24) is 5.32 Å². The second-order valence-corrected chi connectivity index (χ2v) is 4.50. The van der Waals surface area contributed by atoms with Gasteiger partial charge < -0.3 is 5.32 Å². The van der Waals surface area contributed by atoms with Gasteiger partial charge in [-0.2, -0.15) is 0 Å². The molecule has 0 atom stereocenters. The van der Waals surface area contributed by atoms with Crippen LogP contribution in [0, 0.1) is 5.82 Å². The summed E-state index contributed by atoms with van der Waals surface area (Å²) in [6, 6.07) is 4.37. The molecular weight excluding hydrogens is 267 g/mol. The predicted molar refractivity (Wildman–Crippen MR) is 71.1 cm³/mol. The van der Waals surface area contributed by atoms with Crippen molar-refractivity contribution in [2.24, 2.45) is 0 Å². The number of allylic oxidation sites excluding steroid dienone is 3. The Balaban J connectivity index is 2.16. The maximum absolute atomic E-state index is 13.6. The average Bonchev–Trinajstić information content (AvgIpc) is 3.23. The number of carbonyl (C=O) groups is 1. The van der Waals surface area contributed by atoms with Gasteiger partial charge in [-0.05, 0) is 48.4 Å². The van der Waals surface area contributed by atoms with Crippen molar-refractivity contribution in [1.29, 1.82) is 0 Å². The second kappa shape index (κ2) is 6.41. The number of benzene rings is 1. The normalized spacial score (nSPS) is 13.9. The molecule has 0 aliphatic heterocycles. The van der Waals surface area contributed by atoms with Gasteiger partial charge in [0.15, 0.2) is 6.29 Å². The standard InChI is InChI=1S/C15H14F3NO/c16-14-7-11(3-4-12(14)9-20)13(10-1-2-10)5-6-19-8-15(17)18/h3-7,9,15,19H,1-2,8H2/b6-5-. The molecule has 0 aromatic heterocycles. The number of aldehydes is 1. The number of rotatable bonds is 6. The third-order valence-corrected chi connectivity index (χ3v) is 2.96. The summed E-state index contributed by atoms with van der Waals surface area (Å²) in [4.78, 5) is 10.6. The molecule has 20 heavy (non-hydrogen) atoms. The van der Waals surface area contributed by atoms with Crippen LogP contribution in [0.3, 0.4) is 0 Å². The molecule has 0 heterocycles. The van der Waals surface area contributed by atoms with E-state index in [0.29, 0.717) is 11.8 Å². The van der Waals surface area contributed by atoms with E-state index >= 15 is 0 Å². The lowest BCUT2D eigenvalue weighted by Crippen LogP contribution is -2.14. The smallest absolute Gasteiger partial charge is 0.255 e. The Bertz CT molecular complexity index is 558. The third kappa shape index (κ3) is 3.73. The van der Waals surface area contributed by atoms with Gasteiger partial charge in [-0.3, -0.25) is 4.79 Å². The van der Waals surface area contributed by atoms with Gasteiger partial charge in [-0.1, -0.05) is 11.6 Å². The molecule has 1 aromatic carbocycles. The summed E-state index contributed by atoms with van der Waals surface area (Å²) in [5, 5.41) is 2.49. The van der Waals surface area contributed by atoms with Crippen LogP contribution in [0.4, 0.5) is 13.2 Å². The Labute approximate surface area is 115 Å². The SMILES string of the molecule is O=Cc1ccc(C(/C=C\NCC(F)F)=C2CC2)cc1F. The van der Waals surface area contributed by atoms with Crippen molar-refractivity contribution in [3.8, 4) is 0 Å². The zero-order valence-electron chi connectivity index (χ0n) is 10.7. The summed E-state index contributed by atoms with van der Waals surface area (Å²) in [5.41, 5.74) is 2.63. The predicted octanol–water partition coefficient (Wildman–Crippen LogP) is 3.55. The Morgan fingerprint density at radius 3 is 2.65 bits per heavy atom. The molecule has 1 aromatic rings. The molecule has 1 fully saturated rings. The molecule has 0 bridgehead atoms. The lowest BCUT2D eigenvalue weighted by molar-refractivity contribution is 0.111. The quantitative estimate of drug-likeness (QED) is 0.808. The molecule has 0 spiro atoms. The molecule has 1 aliphatic carbocycles. The molecule has 1 saturated carbocycles. The highest BCUT2D eigenvalue weighted by Gasteiger charge is 2.18. The van der Waals surface area contributed by atoms with E-state index in [4.69, 9.17) is 0 Å². The zero-order chi connectivity index (χ0) is 14.5. The fourth-order valence-electron chi connectivity index (χ4n) is 1.84. The van der Waals surface area contributed by atoms with Gasteiger partial charge in [0.05, 0.1) is 12.1 Å². The highest BCUT2D eigenvalue weighted by Crippen LogP contribution is 2.37. The van der Waals surface area contributed by atoms with Crippen LogP contribution in [-0.4, -0.2) is 19.3 Å². The maximum Gasteiger partial charge on any atom is 0.255 e. The number of hydrogen-bond donors (Lipinski definition) is 1. The van der Waals surface area contributed by atoms with E-state index in [-0.39, 0.29) is 5.56 Å².